The van der Waals surface area contributed by atoms with E-state index in [0.29, 0.717) is 24.1 Å². The van der Waals surface area contributed by atoms with Crippen LogP contribution in [0.1, 0.15) is 52.5 Å². The summed E-state index contributed by atoms with van der Waals surface area (Å²) in [5.74, 6) is -0.478. The molecule has 3 unspecified atom stereocenters. The van der Waals surface area contributed by atoms with Crippen molar-refractivity contribution in [1.82, 2.24) is 4.90 Å². The first-order chi connectivity index (χ1) is 15.5. The van der Waals surface area contributed by atoms with E-state index in [1.54, 1.807) is 19.2 Å². The summed E-state index contributed by atoms with van der Waals surface area (Å²) in [6, 6.07) is 6.85. The number of phenolic OH excluding ortho intramolecular Hbond substituents is 1. The van der Waals surface area contributed by atoms with Crippen molar-refractivity contribution in [3.05, 3.63) is 41.0 Å². The summed E-state index contributed by atoms with van der Waals surface area (Å²) in [5, 5.41) is 20.9. The van der Waals surface area contributed by atoms with Crippen LogP contribution in [-0.2, 0) is 25.5 Å². The maximum atomic E-state index is 13.8. The average Bonchev–Trinajstić information content (AvgIpc) is 2.98. The van der Waals surface area contributed by atoms with Crippen LogP contribution >= 0.6 is 0 Å². The molecule has 2 N–H and O–H groups in total. The second-order valence-electron chi connectivity index (χ2n) is 10.6. The van der Waals surface area contributed by atoms with Gasteiger partial charge < -0.3 is 24.6 Å². The zero-order valence-corrected chi connectivity index (χ0v) is 20.1. The minimum absolute atomic E-state index is 0.112. The Kier molecular flexibility index (Phi) is 6.08. The van der Waals surface area contributed by atoms with Crippen molar-refractivity contribution < 1.29 is 29.3 Å². The number of carbonyl (C=O) groups is 2. The Morgan fingerprint density at radius 2 is 1.85 bits per heavy atom. The molecule has 1 amide bonds. The molecular formula is C26H35NO6. The van der Waals surface area contributed by atoms with Crippen molar-refractivity contribution in [2.45, 2.75) is 71.8 Å². The first-order valence-corrected chi connectivity index (χ1v) is 11.7. The van der Waals surface area contributed by atoms with Crippen molar-refractivity contribution in [1.29, 1.82) is 0 Å². The number of rotatable bonds is 5. The van der Waals surface area contributed by atoms with Crippen LogP contribution in [0.3, 0.4) is 0 Å². The number of ether oxygens (including phenoxy) is 2. The molecular weight excluding hydrogens is 422 g/mol. The van der Waals surface area contributed by atoms with Crippen LogP contribution in [0.25, 0.3) is 0 Å². The molecule has 2 aliphatic carbocycles. The summed E-state index contributed by atoms with van der Waals surface area (Å²) < 4.78 is 11.7. The van der Waals surface area contributed by atoms with Gasteiger partial charge >= 0.3 is 5.97 Å². The molecule has 1 aromatic carbocycles. The molecule has 4 rings (SSSR count). The Balaban J connectivity index is 1.73. The first kappa shape index (κ1) is 23.8. The molecule has 1 aromatic rings. The molecule has 1 aliphatic heterocycles. The third kappa shape index (κ3) is 3.85. The summed E-state index contributed by atoms with van der Waals surface area (Å²) in [5.41, 5.74) is 1.43. The van der Waals surface area contributed by atoms with Gasteiger partial charge in [0.2, 0.25) is 0 Å². The summed E-state index contributed by atoms with van der Waals surface area (Å²) in [6.45, 7) is 8.15. The van der Waals surface area contributed by atoms with Crippen LogP contribution < -0.4 is 0 Å². The predicted octanol–water partition coefficient (Wildman–Crippen LogP) is 3.18. The van der Waals surface area contributed by atoms with Crippen molar-refractivity contribution in [3.8, 4) is 5.75 Å². The van der Waals surface area contributed by atoms with E-state index in [1.165, 1.54) is 11.8 Å². The highest BCUT2D eigenvalue weighted by molar-refractivity contribution is 5.99. The van der Waals surface area contributed by atoms with Gasteiger partial charge in [0.1, 0.15) is 18.0 Å². The molecule has 0 spiro atoms. The van der Waals surface area contributed by atoms with Crippen LogP contribution in [0, 0.1) is 16.7 Å². The SMILES string of the molecule is CO[C@@H]1C2=C(C(=O)N(CCc3ccc(O)cc3)C2O)C2(C)CCCC(C)(C)C2[C@H]1OC(C)=O. The standard InChI is InChI=1S/C26H35NO6/c1-15(28)33-21-20(32-5)18-19(26(4)13-6-12-25(2,3)22(21)26)24(31)27(23(18)30)14-11-16-7-9-17(29)10-8-16/h7-10,20-23,29-30H,6,11-14H2,1-5H3/t20-,21+,22?,23?,26?/m1/s1. The van der Waals surface area contributed by atoms with Gasteiger partial charge in [0, 0.05) is 43.1 Å². The van der Waals surface area contributed by atoms with Gasteiger partial charge in [0.25, 0.3) is 5.91 Å². The Morgan fingerprint density at radius 3 is 2.45 bits per heavy atom. The molecule has 7 heteroatoms. The number of esters is 1. The normalized spacial score (nSPS) is 33.0. The fourth-order valence-corrected chi connectivity index (χ4v) is 6.78. The number of methoxy groups -OCH3 is 1. The fraction of sp³-hybridized carbons (Fsp3) is 0.615. The third-order valence-corrected chi connectivity index (χ3v) is 8.02. The van der Waals surface area contributed by atoms with Crippen molar-refractivity contribution in [2.75, 3.05) is 13.7 Å². The molecule has 1 fully saturated rings. The summed E-state index contributed by atoms with van der Waals surface area (Å²) >= 11 is 0. The van der Waals surface area contributed by atoms with Crippen LogP contribution in [0.2, 0.25) is 0 Å². The summed E-state index contributed by atoms with van der Waals surface area (Å²) in [7, 11) is 1.54. The molecule has 3 aliphatic rings. The van der Waals surface area contributed by atoms with Crippen molar-refractivity contribution >= 4 is 11.9 Å². The molecule has 1 heterocycles. The van der Waals surface area contributed by atoms with E-state index in [0.717, 1.165) is 24.8 Å². The number of hydrogen-bond acceptors (Lipinski definition) is 6. The number of nitrogens with zero attached hydrogens (tertiary/aromatic N) is 1. The minimum Gasteiger partial charge on any atom is -0.508 e. The van der Waals surface area contributed by atoms with E-state index in [4.69, 9.17) is 9.47 Å². The number of fused-ring (bicyclic) bond motifs is 2. The van der Waals surface area contributed by atoms with E-state index in [9.17, 15) is 19.8 Å². The van der Waals surface area contributed by atoms with Gasteiger partial charge in [-0.3, -0.25) is 9.59 Å². The van der Waals surface area contributed by atoms with E-state index in [-0.39, 0.29) is 23.0 Å². The summed E-state index contributed by atoms with van der Waals surface area (Å²) in [4.78, 5) is 27.4. The van der Waals surface area contributed by atoms with E-state index >= 15 is 0 Å². The van der Waals surface area contributed by atoms with Gasteiger partial charge in [0.15, 0.2) is 6.23 Å². The van der Waals surface area contributed by atoms with Gasteiger partial charge in [-0.1, -0.05) is 39.3 Å². The zero-order valence-electron chi connectivity index (χ0n) is 20.1. The smallest absolute Gasteiger partial charge is 0.303 e. The number of amides is 1. The second kappa shape index (κ2) is 8.44. The number of aliphatic hydroxyl groups excluding tert-OH is 1. The molecule has 180 valence electrons. The van der Waals surface area contributed by atoms with E-state index in [1.807, 2.05) is 12.1 Å². The molecule has 0 saturated heterocycles. The molecule has 33 heavy (non-hydrogen) atoms. The Labute approximate surface area is 195 Å². The van der Waals surface area contributed by atoms with Gasteiger partial charge in [-0.05, 0) is 42.4 Å². The monoisotopic (exact) mass is 457 g/mol. The number of aliphatic hydroxyl groups is 1. The highest BCUT2D eigenvalue weighted by atomic mass is 16.6. The topological polar surface area (TPSA) is 96.3 Å². The number of benzene rings is 1. The molecule has 0 radical (unpaired) electrons. The quantitative estimate of drug-likeness (QED) is 0.660. The lowest BCUT2D eigenvalue weighted by Crippen LogP contribution is -2.59. The molecule has 0 aromatic heterocycles. The van der Waals surface area contributed by atoms with Crippen molar-refractivity contribution in [2.24, 2.45) is 16.7 Å². The first-order valence-electron chi connectivity index (χ1n) is 11.7. The maximum absolute atomic E-state index is 13.8. The van der Waals surface area contributed by atoms with E-state index < -0.39 is 29.8 Å². The lowest BCUT2D eigenvalue weighted by molar-refractivity contribution is -0.177. The molecule has 5 atom stereocenters. The Bertz CT molecular complexity index is 967. The van der Waals surface area contributed by atoms with Crippen molar-refractivity contribution in [3.63, 3.8) is 0 Å². The highest BCUT2D eigenvalue weighted by Crippen LogP contribution is 2.62. The average molecular weight is 458 g/mol. The largest absolute Gasteiger partial charge is 0.508 e. The lowest BCUT2D eigenvalue weighted by atomic mass is 9.49. The van der Waals surface area contributed by atoms with Gasteiger partial charge in [-0.15, -0.1) is 0 Å². The van der Waals surface area contributed by atoms with E-state index in [2.05, 4.69) is 20.8 Å². The minimum atomic E-state index is -1.13. The van der Waals surface area contributed by atoms with Crippen LogP contribution in [0.4, 0.5) is 0 Å². The summed E-state index contributed by atoms with van der Waals surface area (Å²) in [6.07, 6.45) is 0.862. The predicted molar refractivity (Wildman–Crippen MR) is 122 cm³/mol. The maximum Gasteiger partial charge on any atom is 0.303 e. The Hall–Kier alpha value is -2.38. The van der Waals surface area contributed by atoms with Gasteiger partial charge in [0.05, 0.1) is 0 Å². The lowest BCUT2D eigenvalue weighted by Gasteiger charge is -2.57. The molecule has 1 saturated carbocycles. The number of hydrogen-bond donors (Lipinski definition) is 2. The Morgan fingerprint density at radius 1 is 1.18 bits per heavy atom. The van der Waals surface area contributed by atoms with Crippen LogP contribution in [0.15, 0.2) is 35.4 Å². The van der Waals surface area contributed by atoms with Crippen LogP contribution in [0.5, 0.6) is 5.75 Å². The van der Waals surface area contributed by atoms with Gasteiger partial charge in [-0.2, -0.15) is 0 Å². The zero-order chi connectivity index (χ0) is 24.1. The highest BCUT2D eigenvalue weighted by Gasteiger charge is 2.64. The number of carbonyl (C=O) groups excluding carboxylic acids is 2. The van der Waals surface area contributed by atoms with Gasteiger partial charge in [-0.25, -0.2) is 0 Å². The third-order valence-electron chi connectivity index (χ3n) is 8.02. The fourth-order valence-electron chi connectivity index (χ4n) is 6.78. The molecule has 7 nitrogen and oxygen atoms in total. The van der Waals surface area contributed by atoms with Crippen LogP contribution in [-0.4, -0.2) is 59.1 Å². The number of phenols is 1. The number of aromatic hydroxyl groups is 1. The molecule has 0 bridgehead atoms. The second-order valence-corrected chi connectivity index (χ2v) is 10.6.